The minimum absolute atomic E-state index is 0. The van der Waals surface area contributed by atoms with E-state index in [4.69, 9.17) is 43.9 Å². The molecule has 0 unspecified atom stereocenters. The van der Waals surface area contributed by atoms with Crippen LogP contribution in [0.25, 0.3) is 79.2 Å². The van der Waals surface area contributed by atoms with Crippen molar-refractivity contribution in [1.29, 1.82) is 0 Å². The number of hydrogen-bond donors (Lipinski definition) is 0. The third kappa shape index (κ3) is 12.9. The summed E-state index contributed by atoms with van der Waals surface area (Å²) < 4.78 is 24.8. The topological polar surface area (TPSA) is 189 Å². The molecule has 3 aliphatic heterocycles. The van der Waals surface area contributed by atoms with Crippen molar-refractivity contribution >= 4 is 39.5 Å². The van der Waals surface area contributed by atoms with Crippen molar-refractivity contribution in [3.63, 3.8) is 0 Å². The minimum atomic E-state index is 0. The van der Waals surface area contributed by atoms with Crippen molar-refractivity contribution in [2.24, 2.45) is 0 Å². The number of hydrogen-bond acceptors (Lipinski definition) is 13. The molecule has 6 heterocycles. The second kappa shape index (κ2) is 25.1. The van der Waals surface area contributed by atoms with Crippen LogP contribution >= 0.6 is 0 Å². The van der Waals surface area contributed by atoms with Gasteiger partial charge >= 0.3 is 16.5 Å². The Hall–Kier alpha value is -5.90. The molecule has 6 aromatic rings. The van der Waals surface area contributed by atoms with Crippen LogP contribution in [0.3, 0.4) is 0 Å². The van der Waals surface area contributed by atoms with Gasteiger partial charge in [-0.2, -0.15) is 0 Å². The molecule has 3 aliphatic rings. The average Bonchev–Trinajstić information content (AvgIpc) is 4.12. The van der Waals surface area contributed by atoms with E-state index < -0.39 is 0 Å². The number of rotatable bonds is 16. The van der Waals surface area contributed by atoms with Gasteiger partial charge in [-0.1, -0.05) is 145 Å². The number of carbonyl (C=O) groups excluding carboxylic acids is 1. The van der Waals surface area contributed by atoms with Crippen molar-refractivity contribution in [1.82, 2.24) is 55.0 Å². The van der Waals surface area contributed by atoms with Crippen LogP contribution in [0.1, 0.15) is 110 Å². The van der Waals surface area contributed by atoms with E-state index in [0.29, 0.717) is 103 Å². The van der Waals surface area contributed by atoms with E-state index in [1.807, 2.05) is 65.6 Å². The van der Waals surface area contributed by atoms with Gasteiger partial charge in [0.05, 0.1) is 38.1 Å². The van der Waals surface area contributed by atoms with Gasteiger partial charge in [0.2, 0.25) is 5.91 Å². The van der Waals surface area contributed by atoms with Crippen LogP contribution in [0.4, 0.5) is 0 Å². The number of benzene rings is 3. The first-order valence-electron chi connectivity index (χ1n) is 24.8. The Kier molecular flexibility index (Phi) is 18.0. The third-order valence-electron chi connectivity index (χ3n) is 12.6. The molecule has 3 aromatic heterocycles. The van der Waals surface area contributed by atoms with Crippen molar-refractivity contribution < 1.29 is 40.2 Å². The third-order valence-corrected chi connectivity index (χ3v) is 12.6. The van der Waals surface area contributed by atoms with E-state index >= 15 is 0 Å². The second-order valence-electron chi connectivity index (χ2n) is 17.6. The fourth-order valence-corrected chi connectivity index (χ4v) is 8.93. The molecule has 0 spiro atoms. The van der Waals surface area contributed by atoms with E-state index in [9.17, 15) is 4.79 Å². The van der Waals surface area contributed by atoms with Crippen LogP contribution < -0.4 is 19.4 Å². The Balaban J connectivity index is 0.00000642. The largest absolute Gasteiger partial charge is 2.00 e. The monoisotopic (exact) mass is 977 g/mol. The summed E-state index contributed by atoms with van der Waals surface area (Å²) in [5.74, 6) is 2.98. The van der Waals surface area contributed by atoms with Crippen molar-refractivity contribution in [3.05, 3.63) is 60.7 Å². The first-order valence-corrected chi connectivity index (χ1v) is 24.8. The number of aromatic nitrogens is 10. The summed E-state index contributed by atoms with van der Waals surface area (Å²) in [6.45, 7) is 5.16. The van der Waals surface area contributed by atoms with E-state index in [-0.39, 0.29) is 47.2 Å². The van der Waals surface area contributed by atoms with Gasteiger partial charge in [0, 0.05) is 53.1 Å². The van der Waals surface area contributed by atoms with E-state index in [1.165, 1.54) is 83.5 Å². The Morgan fingerprint density at radius 1 is 0.507 bits per heavy atom. The smallest absolute Gasteiger partial charge is 0.487 e. The predicted molar refractivity (Wildman–Crippen MR) is 261 cm³/mol. The normalized spacial score (nSPS) is 14.1. The molecule has 0 fully saturated rings. The molecule has 16 nitrogen and oxygen atoms in total. The Bertz CT molecular complexity index is 2660. The fraction of sp³-hybridized carbons (Fsp3) is 0.481. The molecule has 3 aromatic carbocycles. The fourth-order valence-electron chi connectivity index (χ4n) is 8.93. The molecule has 0 aliphatic carbocycles. The van der Waals surface area contributed by atoms with Gasteiger partial charge in [-0.3, -0.25) is 19.7 Å². The zero-order chi connectivity index (χ0) is 46.3. The van der Waals surface area contributed by atoms with Crippen LogP contribution in [0.2, 0.25) is 0 Å². The molecule has 0 saturated carbocycles. The van der Waals surface area contributed by atoms with Crippen LogP contribution in [0, 0.1) is 0 Å². The van der Waals surface area contributed by atoms with Crippen LogP contribution in [-0.2, 0) is 30.8 Å². The number of amides is 1. The Morgan fingerprint density at radius 2 is 0.913 bits per heavy atom. The van der Waals surface area contributed by atoms with E-state index in [1.54, 1.807) is 0 Å². The molecule has 8 bridgehead atoms. The van der Waals surface area contributed by atoms with Crippen LogP contribution in [-0.4, -0.2) is 104 Å². The van der Waals surface area contributed by atoms with Gasteiger partial charge in [-0.05, 0) is 29.3 Å². The Labute approximate surface area is 413 Å². The first-order chi connectivity index (χ1) is 33.6. The number of nitrogens with zero attached hydrogens (tertiary/aromatic N) is 11. The summed E-state index contributed by atoms with van der Waals surface area (Å²) in [4.78, 5) is 53.7. The van der Waals surface area contributed by atoms with Crippen molar-refractivity contribution in [3.8, 4) is 57.1 Å². The summed E-state index contributed by atoms with van der Waals surface area (Å²) in [5, 5.41) is 9.68. The van der Waals surface area contributed by atoms with Gasteiger partial charge < -0.3 is 38.8 Å². The zero-order valence-corrected chi connectivity index (χ0v) is 40.5. The molecule has 0 atom stereocenters. The summed E-state index contributed by atoms with van der Waals surface area (Å²) in [6.07, 6.45) is 20.0. The SMILES string of the molecule is CCCCCCCCCCCCCCCCCC(=O)N1CCOCCOc2cc3c4nc5nc(nc6nnc(nc7nc(nc([n-]4)c3cc2OCCOCC1)-c1ccccc1-7)[n-]6)-c1ccccc1-5.[Ni+2]. The molecule has 0 N–H and O–H groups in total. The summed E-state index contributed by atoms with van der Waals surface area (Å²) in [7, 11) is 0. The van der Waals surface area contributed by atoms with E-state index in [0.717, 1.165) is 35.1 Å². The molecule has 0 saturated heterocycles. The maximum absolute atomic E-state index is 13.4. The summed E-state index contributed by atoms with van der Waals surface area (Å²) in [5.41, 5.74) is 3.85. The summed E-state index contributed by atoms with van der Waals surface area (Å²) in [6, 6.07) is 19.2. The van der Waals surface area contributed by atoms with Crippen molar-refractivity contribution in [2.75, 3.05) is 52.7 Å². The van der Waals surface area contributed by atoms with Gasteiger partial charge in [0.25, 0.3) is 0 Å². The molecule has 69 heavy (non-hydrogen) atoms. The maximum Gasteiger partial charge on any atom is 2.00 e. The molecule has 364 valence electrons. The number of carbonyl (C=O) groups is 1. The molecular weight excluding hydrogens is 917 g/mol. The minimum Gasteiger partial charge on any atom is -0.487 e. The van der Waals surface area contributed by atoms with Gasteiger partial charge in [-0.15, -0.1) is 0 Å². The summed E-state index contributed by atoms with van der Waals surface area (Å²) >= 11 is 0. The Morgan fingerprint density at radius 3 is 1.35 bits per heavy atom. The molecule has 0 radical (unpaired) electrons. The number of ether oxygens (including phenoxy) is 4. The number of fused-ring (bicyclic) bond motifs is 18. The number of unbranched alkanes of at least 4 members (excludes halogenated alkanes) is 14. The predicted octanol–water partition coefficient (Wildman–Crippen LogP) is 9.66. The van der Waals surface area contributed by atoms with E-state index in [2.05, 4.69) is 32.1 Å². The van der Waals surface area contributed by atoms with Gasteiger partial charge in [0.1, 0.15) is 36.4 Å². The quantitative estimate of drug-likeness (QED) is 0.0657. The van der Waals surface area contributed by atoms with Crippen LogP contribution in [0.15, 0.2) is 60.7 Å². The van der Waals surface area contributed by atoms with Gasteiger partial charge in [-0.25, -0.2) is 20.2 Å². The van der Waals surface area contributed by atoms with Crippen LogP contribution in [0.5, 0.6) is 11.5 Å². The molecule has 17 heteroatoms. The molecular formula is C52H61N11NiO5. The first kappa shape index (κ1) is 49.5. The zero-order valence-electron chi connectivity index (χ0n) is 39.5. The average molecular weight is 979 g/mol. The van der Waals surface area contributed by atoms with Crippen molar-refractivity contribution in [2.45, 2.75) is 110 Å². The maximum atomic E-state index is 13.4. The standard InChI is InChI=1S/C52H61N11O5.Ni/c1-2-3-4-5-6-7-8-9-10-11-12-13-14-15-16-25-44(64)63-26-28-65-30-32-67-42-34-40-41(35-43(42)68-33-31-66-29-27-63)50-56-46-37-22-18-20-24-39(37)48(54-46)59-52-60-51(61-62-52)58-47-38-23-19-17-21-36(38)45(53-47)55-49(40)57-50;/h17-24,34-35H,2-16,25-33H2,1H3;/q-2;+2. The second-order valence-corrected chi connectivity index (χ2v) is 17.6. The molecule has 9 rings (SSSR count). The molecule has 1 amide bonds. The van der Waals surface area contributed by atoms with Gasteiger partial charge in [0.15, 0.2) is 11.5 Å².